The maximum Gasteiger partial charge on any atom is 0.240 e. The van der Waals surface area contributed by atoms with Gasteiger partial charge in [-0.15, -0.1) is 0 Å². The number of nitrogen functional groups attached to an aromatic ring is 1. The fourth-order valence-electron chi connectivity index (χ4n) is 2.31. The molecule has 1 heterocycles. The SMILES string of the molecule is CC(CNS(=O)(=O)c1cccc(N)c1)N1CCCC1. The van der Waals surface area contributed by atoms with Gasteiger partial charge in [-0.1, -0.05) is 6.07 Å². The molecule has 0 bridgehead atoms. The van der Waals surface area contributed by atoms with Crippen LogP contribution >= 0.6 is 0 Å². The Hall–Kier alpha value is -1.11. The summed E-state index contributed by atoms with van der Waals surface area (Å²) in [5.41, 5.74) is 6.06. The predicted molar refractivity (Wildman–Crippen MR) is 76.3 cm³/mol. The lowest BCUT2D eigenvalue weighted by atomic mass is 10.3. The maximum atomic E-state index is 12.1. The van der Waals surface area contributed by atoms with E-state index in [0.717, 1.165) is 13.1 Å². The molecule has 1 saturated heterocycles. The summed E-state index contributed by atoms with van der Waals surface area (Å²) in [6.45, 7) is 4.59. The van der Waals surface area contributed by atoms with Crippen LogP contribution in [0.2, 0.25) is 0 Å². The van der Waals surface area contributed by atoms with Crippen LogP contribution in [0.15, 0.2) is 29.2 Å². The van der Waals surface area contributed by atoms with E-state index < -0.39 is 10.0 Å². The highest BCUT2D eigenvalue weighted by atomic mass is 32.2. The van der Waals surface area contributed by atoms with E-state index in [-0.39, 0.29) is 10.9 Å². The number of hydrogen-bond acceptors (Lipinski definition) is 4. The molecule has 5 nitrogen and oxygen atoms in total. The topological polar surface area (TPSA) is 75.4 Å². The first-order valence-corrected chi connectivity index (χ1v) is 8.06. The molecule has 0 saturated carbocycles. The molecule has 1 fully saturated rings. The van der Waals surface area contributed by atoms with Gasteiger partial charge in [0.25, 0.3) is 0 Å². The number of anilines is 1. The highest BCUT2D eigenvalue weighted by Crippen LogP contribution is 2.14. The van der Waals surface area contributed by atoms with Crippen LogP contribution in [-0.2, 0) is 10.0 Å². The number of rotatable bonds is 5. The molecular formula is C13H21N3O2S. The fraction of sp³-hybridized carbons (Fsp3) is 0.538. The molecule has 1 aromatic carbocycles. The van der Waals surface area contributed by atoms with Gasteiger partial charge in [-0.25, -0.2) is 13.1 Å². The second kappa shape index (κ2) is 5.90. The first-order valence-electron chi connectivity index (χ1n) is 6.58. The molecule has 2 rings (SSSR count). The number of nitrogens with zero attached hydrogens (tertiary/aromatic N) is 1. The van der Waals surface area contributed by atoms with Crippen LogP contribution in [0.25, 0.3) is 0 Å². The van der Waals surface area contributed by atoms with Crippen molar-refractivity contribution in [3.05, 3.63) is 24.3 Å². The second-order valence-electron chi connectivity index (χ2n) is 5.02. The lowest BCUT2D eigenvalue weighted by molar-refractivity contribution is 0.260. The van der Waals surface area contributed by atoms with Crippen molar-refractivity contribution in [3.8, 4) is 0 Å². The van der Waals surface area contributed by atoms with Crippen molar-refractivity contribution >= 4 is 15.7 Å². The molecule has 1 atom stereocenters. The second-order valence-corrected chi connectivity index (χ2v) is 6.78. The quantitative estimate of drug-likeness (QED) is 0.792. The smallest absolute Gasteiger partial charge is 0.240 e. The van der Waals surface area contributed by atoms with Gasteiger partial charge in [0.05, 0.1) is 4.90 Å². The average molecular weight is 283 g/mol. The van der Waals surface area contributed by atoms with Gasteiger partial charge in [-0.3, -0.25) is 4.90 Å². The first kappa shape index (κ1) is 14.3. The number of nitrogens with one attached hydrogen (secondary N) is 1. The van der Waals surface area contributed by atoms with Gasteiger partial charge in [-0.2, -0.15) is 0 Å². The lowest BCUT2D eigenvalue weighted by Gasteiger charge is -2.23. The molecule has 0 aromatic heterocycles. The molecule has 6 heteroatoms. The zero-order valence-electron chi connectivity index (χ0n) is 11.2. The maximum absolute atomic E-state index is 12.1. The highest BCUT2D eigenvalue weighted by molar-refractivity contribution is 7.89. The summed E-state index contributed by atoms with van der Waals surface area (Å²) in [4.78, 5) is 2.53. The highest BCUT2D eigenvalue weighted by Gasteiger charge is 2.21. The summed E-state index contributed by atoms with van der Waals surface area (Å²) < 4.78 is 26.9. The normalized spacial score (nSPS) is 18.6. The van der Waals surface area contributed by atoms with E-state index >= 15 is 0 Å². The molecule has 19 heavy (non-hydrogen) atoms. The third kappa shape index (κ3) is 3.68. The van der Waals surface area contributed by atoms with E-state index in [4.69, 9.17) is 5.73 Å². The zero-order valence-corrected chi connectivity index (χ0v) is 12.0. The Bertz CT molecular complexity index is 524. The van der Waals surface area contributed by atoms with Crippen LogP contribution in [-0.4, -0.2) is 39.0 Å². The number of sulfonamides is 1. The molecule has 1 aromatic rings. The fourth-order valence-corrected chi connectivity index (χ4v) is 3.48. The Labute approximate surface area is 114 Å². The van der Waals surface area contributed by atoms with E-state index in [9.17, 15) is 8.42 Å². The van der Waals surface area contributed by atoms with Crippen LogP contribution in [0.1, 0.15) is 19.8 Å². The molecule has 1 aliphatic rings. The number of benzene rings is 1. The van der Waals surface area contributed by atoms with Crippen LogP contribution < -0.4 is 10.5 Å². The minimum atomic E-state index is -3.46. The molecule has 106 valence electrons. The summed E-state index contributed by atoms with van der Waals surface area (Å²) in [5.74, 6) is 0. The standard InChI is InChI=1S/C13H21N3O2S/c1-11(16-7-2-3-8-16)10-15-19(17,18)13-6-4-5-12(14)9-13/h4-6,9,11,15H,2-3,7-8,10,14H2,1H3. The van der Waals surface area contributed by atoms with Crippen molar-refractivity contribution in [1.82, 2.24) is 9.62 Å². The summed E-state index contributed by atoms with van der Waals surface area (Å²) in [7, 11) is -3.46. The first-order chi connectivity index (χ1) is 8.99. The summed E-state index contributed by atoms with van der Waals surface area (Å²) >= 11 is 0. The minimum absolute atomic E-state index is 0.221. The van der Waals surface area contributed by atoms with Gasteiger partial charge >= 0.3 is 0 Å². The Morgan fingerprint density at radius 1 is 1.37 bits per heavy atom. The van der Waals surface area contributed by atoms with Crippen LogP contribution in [0.5, 0.6) is 0 Å². The Morgan fingerprint density at radius 2 is 2.05 bits per heavy atom. The van der Waals surface area contributed by atoms with Crippen molar-refractivity contribution < 1.29 is 8.42 Å². The van der Waals surface area contributed by atoms with Crippen LogP contribution in [0.4, 0.5) is 5.69 Å². The third-order valence-electron chi connectivity index (χ3n) is 3.50. The van der Waals surface area contributed by atoms with Crippen LogP contribution in [0.3, 0.4) is 0 Å². The van der Waals surface area contributed by atoms with E-state index in [1.165, 1.54) is 18.9 Å². The van der Waals surface area contributed by atoms with Crippen molar-refractivity contribution in [1.29, 1.82) is 0 Å². The van der Waals surface area contributed by atoms with E-state index in [1.54, 1.807) is 18.2 Å². The molecule has 0 radical (unpaired) electrons. The van der Waals surface area contributed by atoms with Gasteiger partial charge in [0.1, 0.15) is 0 Å². The number of likely N-dealkylation sites (tertiary alicyclic amines) is 1. The van der Waals surface area contributed by atoms with E-state index in [1.807, 2.05) is 6.92 Å². The van der Waals surface area contributed by atoms with Gasteiger partial charge in [0.15, 0.2) is 0 Å². The number of nitrogens with two attached hydrogens (primary N) is 1. The average Bonchev–Trinajstić information content (AvgIpc) is 2.90. The third-order valence-corrected chi connectivity index (χ3v) is 4.92. The molecule has 1 unspecified atom stereocenters. The van der Waals surface area contributed by atoms with Crippen molar-refractivity contribution in [2.24, 2.45) is 0 Å². The van der Waals surface area contributed by atoms with Crippen molar-refractivity contribution in [2.45, 2.75) is 30.7 Å². The van der Waals surface area contributed by atoms with Crippen molar-refractivity contribution in [2.75, 3.05) is 25.4 Å². The Kier molecular flexibility index (Phi) is 4.44. The lowest BCUT2D eigenvalue weighted by Crippen LogP contribution is -2.40. The van der Waals surface area contributed by atoms with Gasteiger partial charge in [0, 0.05) is 18.3 Å². The van der Waals surface area contributed by atoms with Crippen LogP contribution in [0, 0.1) is 0 Å². The zero-order chi connectivity index (χ0) is 13.9. The molecule has 0 spiro atoms. The summed E-state index contributed by atoms with van der Waals surface area (Å²) in [6.07, 6.45) is 2.40. The molecule has 0 amide bonds. The summed E-state index contributed by atoms with van der Waals surface area (Å²) in [6, 6.07) is 6.57. The van der Waals surface area contributed by atoms with Gasteiger partial charge in [0.2, 0.25) is 10.0 Å². The monoisotopic (exact) mass is 283 g/mol. The molecule has 3 N–H and O–H groups in total. The largest absolute Gasteiger partial charge is 0.399 e. The predicted octanol–water partition coefficient (Wildman–Crippen LogP) is 1.03. The molecule has 1 aliphatic heterocycles. The van der Waals surface area contributed by atoms with Crippen molar-refractivity contribution in [3.63, 3.8) is 0 Å². The van der Waals surface area contributed by atoms with Gasteiger partial charge < -0.3 is 5.73 Å². The van der Waals surface area contributed by atoms with E-state index in [0.29, 0.717) is 12.2 Å². The minimum Gasteiger partial charge on any atom is -0.399 e. The van der Waals surface area contributed by atoms with E-state index in [2.05, 4.69) is 9.62 Å². The molecular weight excluding hydrogens is 262 g/mol. The number of hydrogen-bond donors (Lipinski definition) is 2. The Balaban J connectivity index is 1.97. The summed E-state index contributed by atoms with van der Waals surface area (Å²) in [5, 5.41) is 0. The van der Waals surface area contributed by atoms with Gasteiger partial charge in [-0.05, 0) is 51.1 Å². The molecule has 0 aliphatic carbocycles. The Morgan fingerprint density at radius 3 is 2.68 bits per heavy atom.